The van der Waals surface area contributed by atoms with Gasteiger partial charge in [0.2, 0.25) is 0 Å². The van der Waals surface area contributed by atoms with E-state index in [9.17, 15) is 0 Å². The highest BCUT2D eigenvalue weighted by molar-refractivity contribution is 7.90. The zero-order chi connectivity index (χ0) is 18.7. The van der Waals surface area contributed by atoms with Crippen molar-refractivity contribution in [3.8, 4) is 0 Å². The van der Waals surface area contributed by atoms with Crippen LogP contribution < -0.4 is 5.30 Å². The summed E-state index contributed by atoms with van der Waals surface area (Å²) in [4.78, 5) is 0. The Kier molecular flexibility index (Phi) is 9.13. The molecule has 1 unspecified atom stereocenters. The summed E-state index contributed by atoms with van der Waals surface area (Å²) < 4.78 is 0. The molecule has 2 rings (SSSR count). The lowest BCUT2D eigenvalue weighted by Gasteiger charge is -2.30. The maximum atomic E-state index is 2.53. The first kappa shape index (κ1) is 20.9. The van der Waals surface area contributed by atoms with Crippen LogP contribution in [0.4, 0.5) is 0 Å². The van der Waals surface area contributed by atoms with Crippen molar-refractivity contribution < 1.29 is 0 Å². The van der Waals surface area contributed by atoms with Crippen molar-refractivity contribution in [2.45, 2.75) is 65.7 Å². The molecule has 26 heavy (non-hydrogen) atoms. The van der Waals surface area contributed by atoms with Crippen molar-refractivity contribution in [1.29, 1.82) is 0 Å². The van der Waals surface area contributed by atoms with Crippen LogP contribution in [-0.4, -0.2) is 6.16 Å². The van der Waals surface area contributed by atoms with Gasteiger partial charge in [-0.2, -0.15) is 0 Å². The Hall–Kier alpha value is -1.39. The zero-order valence-corrected chi connectivity index (χ0v) is 17.8. The molecule has 0 heterocycles. The van der Waals surface area contributed by atoms with Crippen molar-refractivity contribution in [3.05, 3.63) is 77.4 Å². The van der Waals surface area contributed by atoms with Crippen LogP contribution >= 0.6 is 7.26 Å². The molecule has 0 saturated heterocycles. The lowest BCUT2D eigenvalue weighted by atomic mass is 10.2. The minimum absolute atomic E-state index is 1.09. The fourth-order valence-electron chi connectivity index (χ4n) is 3.86. The van der Waals surface area contributed by atoms with Crippen molar-refractivity contribution in [2.24, 2.45) is 0 Å². The fourth-order valence-corrected chi connectivity index (χ4v) is 8.51. The summed E-state index contributed by atoms with van der Waals surface area (Å²) in [5.74, 6) is 0. The second-order valence-electron chi connectivity index (χ2n) is 7.06. The maximum absolute atomic E-state index is 2.53. The third-order valence-corrected chi connectivity index (χ3v) is 9.89. The van der Waals surface area contributed by atoms with Gasteiger partial charge >= 0.3 is 0 Å². The van der Waals surface area contributed by atoms with E-state index in [1.165, 1.54) is 44.7 Å². The van der Waals surface area contributed by atoms with Gasteiger partial charge in [-0.1, -0.05) is 57.0 Å². The summed E-state index contributed by atoms with van der Waals surface area (Å²) in [5, 5.41) is 4.70. The average molecular weight is 368 g/mol. The molecule has 0 spiro atoms. The molecule has 1 aliphatic carbocycles. The topological polar surface area (TPSA) is 0 Å². The number of hydrogen-bond acceptors (Lipinski definition) is 0. The largest absolute Gasteiger partial charge is 0.111 e. The molecule has 140 valence electrons. The highest BCUT2D eigenvalue weighted by Crippen LogP contribution is 2.72. The second kappa shape index (κ2) is 11.3. The standard InChI is InChI=1S/C25H36P/c1-4-7-9-16-22-26(23(6-3)17-8-5-2,24-18-12-10-13-19-24)25-20-14-11-15-21-25/h6,8,10,12-14,17-21H,4-5,7,9,11,15-16,22H2,1-3H3/q+1/b17-8-,23-6+. The lowest BCUT2D eigenvalue weighted by Crippen LogP contribution is -2.18. The van der Waals surface area contributed by atoms with Gasteiger partial charge in [-0.05, 0) is 75.5 Å². The molecule has 1 aromatic carbocycles. The van der Waals surface area contributed by atoms with Gasteiger partial charge in [0.15, 0.2) is 0 Å². The van der Waals surface area contributed by atoms with Gasteiger partial charge in [-0.15, -0.1) is 0 Å². The van der Waals surface area contributed by atoms with E-state index in [-0.39, 0.29) is 0 Å². The van der Waals surface area contributed by atoms with Gasteiger partial charge in [-0.3, -0.25) is 0 Å². The molecular formula is C25H36P+. The highest BCUT2D eigenvalue weighted by atomic mass is 31.2. The van der Waals surface area contributed by atoms with Crippen LogP contribution in [0.2, 0.25) is 0 Å². The third-order valence-electron chi connectivity index (χ3n) is 5.22. The van der Waals surface area contributed by atoms with Crippen molar-refractivity contribution in [1.82, 2.24) is 0 Å². The molecule has 0 aromatic heterocycles. The second-order valence-corrected chi connectivity index (χ2v) is 10.7. The quantitative estimate of drug-likeness (QED) is 0.223. The van der Waals surface area contributed by atoms with Gasteiger partial charge in [0, 0.05) is 0 Å². The van der Waals surface area contributed by atoms with Crippen molar-refractivity contribution in [3.63, 3.8) is 0 Å². The molecule has 0 amide bonds. The minimum Gasteiger partial charge on any atom is -0.0809 e. The summed E-state index contributed by atoms with van der Waals surface area (Å²) in [6.07, 6.45) is 24.6. The van der Waals surface area contributed by atoms with Crippen molar-refractivity contribution in [2.75, 3.05) is 6.16 Å². The van der Waals surface area contributed by atoms with Crippen molar-refractivity contribution >= 4 is 12.6 Å². The molecule has 0 radical (unpaired) electrons. The van der Waals surface area contributed by atoms with Crippen LogP contribution in [0.15, 0.2) is 77.4 Å². The molecule has 0 fully saturated rings. The predicted molar refractivity (Wildman–Crippen MR) is 122 cm³/mol. The molecule has 0 N–H and O–H groups in total. The third kappa shape index (κ3) is 5.08. The van der Waals surface area contributed by atoms with E-state index < -0.39 is 7.26 Å². The van der Waals surface area contributed by atoms with Crippen LogP contribution in [0.3, 0.4) is 0 Å². The van der Waals surface area contributed by atoms with E-state index in [0.29, 0.717) is 0 Å². The molecule has 0 aliphatic heterocycles. The first-order valence-corrected chi connectivity index (χ1v) is 12.4. The average Bonchev–Trinajstić information content (AvgIpc) is 2.71. The molecule has 0 nitrogen and oxygen atoms in total. The summed E-state index contributed by atoms with van der Waals surface area (Å²) in [7, 11) is -1.56. The van der Waals surface area contributed by atoms with Gasteiger partial charge in [0.1, 0.15) is 17.9 Å². The Morgan fingerprint density at radius 3 is 2.46 bits per heavy atom. The first-order chi connectivity index (χ1) is 12.8. The van der Waals surface area contributed by atoms with Gasteiger partial charge < -0.3 is 0 Å². The molecule has 0 saturated carbocycles. The number of hydrogen-bond donors (Lipinski definition) is 0. The number of rotatable bonds is 10. The van der Waals surface area contributed by atoms with Crippen LogP contribution in [0.5, 0.6) is 0 Å². The van der Waals surface area contributed by atoms with Crippen LogP contribution in [0.25, 0.3) is 0 Å². The number of benzene rings is 1. The van der Waals surface area contributed by atoms with E-state index in [1.807, 2.05) is 0 Å². The first-order valence-electron chi connectivity index (χ1n) is 10.4. The van der Waals surface area contributed by atoms with E-state index in [1.54, 1.807) is 15.9 Å². The molecule has 1 heteroatoms. The Balaban J connectivity index is 2.56. The van der Waals surface area contributed by atoms with E-state index >= 15 is 0 Å². The van der Waals surface area contributed by atoms with E-state index in [2.05, 4.69) is 87.6 Å². The number of unbranched alkanes of at least 4 members (excludes halogenated alkanes) is 3. The van der Waals surface area contributed by atoms with Gasteiger partial charge in [-0.25, -0.2) is 0 Å². The molecular weight excluding hydrogens is 331 g/mol. The summed E-state index contributed by atoms with van der Waals surface area (Å²) in [6.45, 7) is 6.76. The number of allylic oxidation sites excluding steroid dienone is 8. The Morgan fingerprint density at radius 2 is 1.85 bits per heavy atom. The van der Waals surface area contributed by atoms with Crippen LogP contribution in [0, 0.1) is 0 Å². The Morgan fingerprint density at radius 1 is 1.04 bits per heavy atom. The summed E-state index contributed by atoms with van der Waals surface area (Å²) in [6, 6.07) is 11.3. The SMILES string of the molecule is C/C=C(\C=C/CC)[P+](CCCCCC)(C1=CCCC=C1)c1ccccc1. The molecule has 0 bridgehead atoms. The minimum atomic E-state index is -1.56. The van der Waals surface area contributed by atoms with Crippen LogP contribution in [0.1, 0.15) is 65.7 Å². The predicted octanol–water partition coefficient (Wildman–Crippen LogP) is 8.01. The molecule has 1 aliphatic rings. The summed E-state index contributed by atoms with van der Waals surface area (Å²) >= 11 is 0. The van der Waals surface area contributed by atoms with E-state index in [0.717, 1.165) is 6.42 Å². The monoisotopic (exact) mass is 367 g/mol. The highest BCUT2D eigenvalue weighted by Gasteiger charge is 2.46. The molecule has 1 atom stereocenters. The van der Waals surface area contributed by atoms with Gasteiger partial charge in [0.05, 0.1) is 11.5 Å². The maximum Gasteiger partial charge on any atom is 0.111 e. The normalized spacial score (nSPS) is 17.3. The zero-order valence-electron chi connectivity index (χ0n) is 17.0. The summed E-state index contributed by atoms with van der Waals surface area (Å²) in [5.41, 5.74) is 0. The van der Waals surface area contributed by atoms with Crippen LogP contribution in [-0.2, 0) is 0 Å². The van der Waals surface area contributed by atoms with E-state index in [4.69, 9.17) is 0 Å². The Labute approximate surface area is 162 Å². The fraction of sp³-hybridized carbons (Fsp3) is 0.440. The van der Waals surface area contributed by atoms with Gasteiger partial charge in [0.25, 0.3) is 0 Å². The lowest BCUT2D eigenvalue weighted by molar-refractivity contribution is 0.704. The smallest absolute Gasteiger partial charge is 0.0809 e. The Bertz CT molecular complexity index is 648. The molecule has 1 aromatic rings.